The second kappa shape index (κ2) is 5.15. The first-order valence-corrected chi connectivity index (χ1v) is 4.53. The van der Waals surface area contributed by atoms with Crippen molar-refractivity contribution in [1.82, 2.24) is 0 Å². The van der Waals surface area contributed by atoms with E-state index in [4.69, 9.17) is 14.2 Å². The van der Waals surface area contributed by atoms with Crippen molar-refractivity contribution in [2.24, 2.45) is 0 Å². The largest absolute Gasteiger partial charge is 0.493 e. The van der Waals surface area contributed by atoms with Crippen LogP contribution < -0.4 is 14.2 Å². The van der Waals surface area contributed by atoms with Gasteiger partial charge in [0.05, 0.1) is 26.3 Å². The van der Waals surface area contributed by atoms with Gasteiger partial charge in [-0.3, -0.25) is 14.9 Å². The summed E-state index contributed by atoms with van der Waals surface area (Å²) in [4.78, 5) is 21.0. The summed E-state index contributed by atoms with van der Waals surface area (Å²) in [5, 5.41) is 10.9. The average Bonchev–Trinajstić information content (AvgIpc) is 2.35. The molecule has 0 aromatic heterocycles. The van der Waals surface area contributed by atoms with E-state index in [1.54, 1.807) is 0 Å². The molecule has 0 aliphatic rings. The lowest BCUT2D eigenvalue weighted by atomic mass is 10.1. The molecule has 1 aromatic carbocycles. The molecule has 0 N–H and O–H groups in total. The van der Waals surface area contributed by atoms with Crippen molar-refractivity contribution in [3.05, 3.63) is 21.7 Å². The van der Waals surface area contributed by atoms with Gasteiger partial charge in [0.1, 0.15) is 5.56 Å². The van der Waals surface area contributed by atoms with Crippen molar-refractivity contribution in [1.29, 1.82) is 0 Å². The maximum absolute atomic E-state index is 10.9. The summed E-state index contributed by atoms with van der Waals surface area (Å²) in [6.45, 7) is 0. The van der Waals surface area contributed by atoms with Gasteiger partial charge in [0.2, 0.25) is 11.5 Å². The zero-order chi connectivity index (χ0) is 13.0. The lowest BCUT2D eigenvalue weighted by Gasteiger charge is -2.12. The fourth-order valence-electron chi connectivity index (χ4n) is 1.44. The van der Waals surface area contributed by atoms with Gasteiger partial charge in [0.25, 0.3) is 0 Å². The van der Waals surface area contributed by atoms with Crippen LogP contribution in [0.5, 0.6) is 17.2 Å². The highest BCUT2D eigenvalue weighted by Gasteiger charge is 2.28. The van der Waals surface area contributed by atoms with Gasteiger partial charge in [-0.05, 0) is 0 Å². The maximum Gasteiger partial charge on any atom is 0.325 e. The molecule has 1 aromatic rings. The first kappa shape index (κ1) is 12.8. The number of rotatable bonds is 5. The predicted molar refractivity (Wildman–Crippen MR) is 58.1 cm³/mol. The molecule has 7 heteroatoms. The third kappa shape index (κ3) is 2.12. The highest BCUT2D eigenvalue weighted by molar-refractivity contribution is 5.87. The average molecular weight is 241 g/mol. The van der Waals surface area contributed by atoms with Crippen molar-refractivity contribution in [2.45, 2.75) is 0 Å². The standard InChI is InChI=1S/C10H11NO6/c1-15-7-4-6(5-12)8(11(13)14)10(17-3)9(7)16-2/h4-5H,1-3H3. The van der Waals surface area contributed by atoms with E-state index >= 15 is 0 Å². The van der Waals surface area contributed by atoms with Gasteiger partial charge < -0.3 is 14.2 Å². The highest BCUT2D eigenvalue weighted by Crippen LogP contribution is 2.45. The quantitative estimate of drug-likeness (QED) is 0.440. The number of nitro benzene ring substituents is 1. The SMILES string of the molecule is COc1cc(C=O)c([N+](=O)[O-])c(OC)c1OC. The van der Waals surface area contributed by atoms with E-state index in [9.17, 15) is 14.9 Å². The summed E-state index contributed by atoms with van der Waals surface area (Å²) >= 11 is 0. The maximum atomic E-state index is 10.9. The first-order chi connectivity index (χ1) is 8.10. The molecule has 0 aliphatic heterocycles. The van der Waals surface area contributed by atoms with E-state index < -0.39 is 10.6 Å². The number of carbonyl (C=O) groups is 1. The van der Waals surface area contributed by atoms with Crippen LogP contribution in [0.15, 0.2) is 6.07 Å². The molecule has 0 bridgehead atoms. The Bertz CT molecular complexity index is 457. The summed E-state index contributed by atoms with van der Waals surface area (Å²) in [6.07, 6.45) is 0.364. The third-order valence-corrected chi connectivity index (χ3v) is 2.14. The normalized spacial score (nSPS) is 9.59. The zero-order valence-corrected chi connectivity index (χ0v) is 9.55. The molecule has 0 unspecified atom stereocenters. The van der Waals surface area contributed by atoms with Crippen LogP contribution in [0.3, 0.4) is 0 Å². The Kier molecular flexibility index (Phi) is 3.86. The van der Waals surface area contributed by atoms with E-state index in [0.29, 0.717) is 6.29 Å². The number of benzene rings is 1. The number of hydrogen-bond donors (Lipinski definition) is 0. The van der Waals surface area contributed by atoms with Crippen LogP contribution in [0.2, 0.25) is 0 Å². The van der Waals surface area contributed by atoms with Crippen molar-refractivity contribution >= 4 is 12.0 Å². The van der Waals surface area contributed by atoms with Crippen molar-refractivity contribution in [3.63, 3.8) is 0 Å². The Morgan fingerprint density at radius 1 is 1.18 bits per heavy atom. The molecule has 92 valence electrons. The Labute approximate surface area is 97.0 Å². The van der Waals surface area contributed by atoms with Crippen LogP contribution in [0, 0.1) is 10.1 Å². The molecule has 0 saturated heterocycles. The number of hydrogen-bond acceptors (Lipinski definition) is 6. The summed E-state index contributed by atoms with van der Waals surface area (Å²) < 4.78 is 14.9. The van der Waals surface area contributed by atoms with Gasteiger partial charge in [-0.25, -0.2) is 0 Å². The van der Waals surface area contributed by atoms with E-state index in [1.807, 2.05) is 0 Å². The molecule has 0 radical (unpaired) electrons. The smallest absolute Gasteiger partial charge is 0.325 e. The predicted octanol–water partition coefficient (Wildman–Crippen LogP) is 1.43. The van der Waals surface area contributed by atoms with E-state index in [1.165, 1.54) is 27.4 Å². The van der Waals surface area contributed by atoms with Crippen molar-refractivity contribution < 1.29 is 23.9 Å². The minimum Gasteiger partial charge on any atom is -0.493 e. The number of nitrogens with zero attached hydrogens (tertiary/aromatic N) is 1. The van der Waals surface area contributed by atoms with Crippen LogP contribution in [0.4, 0.5) is 5.69 Å². The Morgan fingerprint density at radius 3 is 2.12 bits per heavy atom. The molecule has 0 spiro atoms. The van der Waals surface area contributed by atoms with E-state index in [0.717, 1.165) is 0 Å². The Balaban J connectivity index is 3.67. The van der Waals surface area contributed by atoms with Gasteiger partial charge in [-0.15, -0.1) is 0 Å². The minimum absolute atomic E-state index is 0.0762. The second-order valence-corrected chi connectivity index (χ2v) is 2.96. The highest BCUT2D eigenvalue weighted by atomic mass is 16.6. The fourth-order valence-corrected chi connectivity index (χ4v) is 1.44. The molecule has 0 atom stereocenters. The summed E-state index contributed by atoms with van der Waals surface area (Å²) in [6, 6.07) is 1.23. The van der Waals surface area contributed by atoms with Gasteiger partial charge in [0.15, 0.2) is 12.0 Å². The Hall–Kier alpha value is -2.31. The summed E-state index contributed by atoms with van der Waals surface area (Å²) in [5.41, 5.74) is -0.579. The molecule has 0 fully saturated rings. The van der Waals surface area contributed by atoms with Crippen LogP contribution in [0.25, 0.3) is 0 Å². The van der Waals surface area contributed by atoms with Crippen molar-refractivity contribution in [3.8, 4) is 17.2 Å². The first-order valence-electron chi connectivity index (χ1n) is 4.53. The van der Waals surface area contributed by atoms with E-state index in [-0.39, 0.29) is 22.8 Å². The number of methoxy groups -OCH3 is 3. The van der Waals surface area contributed by atoms with Gasteiger partial charge >= 0.3 is 5.69 Å². The van der Waals surface area contributed by atoms with Gasteiger partial charge in [-0.2, -0.15) is 0 Å². The summed E-state index contributed by atoms with van der Waals surface area (Å²) in [7, 11) is 3.93. The van der Waals surface area contributed by atoms with Gasteiger partial charge in [0, 0.05) is 6.07 Å². The number of nitro groups is 1. The lowest BCUT2D eigenvalue weighted by Crippen LogP contribution is -2.02. The third-order valence-electron chi connectivity index (χ3n) is 2.14. The molecule has 7 nitrogen and oxygen atoms in total. The second-order valence-electron chi connectivity index (χ2n) is 2.96. The zero-order valence-electron chi connectivity index (χ0n) is 9.55. The van der Waals surface area contributed by atoms with Crippen LogP contribution >= 0.6 is 0 Å². The van der Waals surface area contributed by atoms with E-state index in [2.05, 4.69) is 0 Å². The van der Waals surface area contributed by atoms with Crippen LogP contribution in [0.1, 0.15) is 10.4 Å². The molecule has 17 heavy (non-hydrogen) atoms. The molecule has 0 amide bonds. The molecule has 0 aliphatic carbocycles. The number of aldehydes is 1. The fraction of sp³-hybridized carbons (Fsp3) is 0.300. The molecular weight excluding hydrogens is 230 g/mol. The molecule has 0 saturated carbocycles. The summed E-state index contributed by atoms with van der Waals surface area (Å²) in [5.74, 6) is 0.128. The Morgan fingerprint density at radius 2 is 1.76 bits per heavy atom. The lowest BCUT2D eigenvalue weighted by molar-refractivity contribution is -0.386. The van der Waals surface area contributed by atoms with Gasteiger partial charge in [-0.1, -0.05) is 0 Å². The molecule has 1 rings (SSSR count). The topological polar surface area (TPSA) is 87.9 Å². The minimum atomic E-state index is -0.704. The monoisotopic (exact) mass is 241 g/mol. The molecule has 0 heterocycles. The molecular formula is C10H11NO6. The number of ether oxygens (including phenoxy) is 3. The number of carbonyl (C=O) groups excluding carboxylic acids is 1. The van der Waals surface area contributed by atoms with Crippen LogP contribution in [-0.4, -0.2) is 32.5 Å². The van der Waals surface area contributed by atoms with Crippen molar-refractivity contribution in [2.75, 3.05) is 21.3 Å². The van der Waals surface area contributed by atoms with Crippen LogP contribution in [-0.2, 0) is 0 Å².